The molecule has 2 rings (SSSR count). The average molecular weight is 286 g/mol. The monoisotopic (exact) mass is 286 g/mol. The summed E-state index contributed by atoms with van der Waals surface area (Å²) in [7, 11) is 0. The molecule has 21 heavy (non-hydrogen) atoms. The Morgan fingerprint density at radius 3 is 2.90 bits per heavy atom. The highest BCUT2D eigenvalue weighted by atomic mass is 15.1. The van der Waals surface area contributed by atoms with Crippen LogP contribution in [0.15, 0.2) is 41.4 Å². The van der Waals surface area contributed by atoms with Crippen LogP contribution in [0.1, 0.15) is 24.5 Å². The number of fused-ring (bicyclic) bond motifs is 1. The fraction of sp³-hybridized carbons (Fsp3) is 0.471. The minimum atomic E-state index is 0.516. The number of hydrogen-bond acceptors (Lipinski definition) is 2. The van der Waals surface area contributed by atoms with Crippen molar-refractivity contribution in [1.29, 1.82) is 0 Å². The van der Waals surface area contributed by atoms with Crippen LogP contribution in [-0.2, 0) is 13.0 Å². The third-order valence-electron chi connectivity index (χ3n) is 3.69. The molecule has 114 valence electrons. The second-order valence-corrected chi connectivity index (χ2v) is 5.73. The third-order valence-corrected chi connectivity index (χ3v) is 3.69. The van der Waals surface area contributed by atoms with Crippen molar-refractivity contribution in [3.05, 3.63) is 47.5 Å². The van der Waals surface area contributed by atoms with Crippen molar-refractivity contribution in [3.63, 3.8) is 0 Å². The van der Waals surface area contributed by atoms with Crippen LogP contribution in [0.3, 0.4) is 0 Å². The molecule has 1 aromatic carbocycles. The van der Waals surface area contributed by atoms with Crippen molar-refractivity contribution in [3.8, 4) is 0 Å². The van der Waals surface area contributed by atoms with Crippen LogP contribution in [0.5, 0.6) is 0 Å². The molecule has 1 aliphatic heterocycles. The first-order valence-electron chi connectivity index (χ1n) is 7.62. The molecule has 0 saturated carbocycles. The fourth-order valence-electron chi connectivity index (χ4n) is 2.54. The molecule has 4 heteroatoms. The van der Waals surface area contributed by atoms with Crippen molar-refractivity contribution < 1.29 is 0 Å². The second kappa shape index (κ2) is 7.84. The van der Waals surface area contributed by atoms with Crippen molar-refractivity contribution in [1.82, 2.24) is 10.2 Å². The molecule has 0 aliphatic carbocycles. The molecule has 4 nitrogen and oxygen atoms in total. The molecule has 0 spiro atoms. The zero-order valence-electron chi connectivity index (χ0n) is 12.9. The molecule has 1 aromatic rings. The molecule has 0 atom stereocenters. The molecule has 0 radical (unpaired) electrons. The fourth-order valence-corrected chi connectivity index (χ4v) is 2.54. The molecule has 0 aromatic heterocycles. The van der Waals surface area contributed by atoms with E-state index in [4.69, 9.17) is 5.73 Å². The van der Waals surface area contributed by atoms with Gasteiger partial charge in [0.05, 0.1) is 6.54 Å². The van der Waals surface area contributed by atoms with Crippen LogP contribution in [0.25, 0.3) is 0 Å². The van der Waals surface area contributed by atoms with E-state index in [0.717, 1.165) is 44.6 Å². The number of guanidine groups is 1. The van der Waals surface area contributed by atoms with Crippen LogP contribution < -0.4 is 11.1 Å². The highest BCUT2D eigenvalue weighted by Gasteiger charge is 2.14. The van der Waals surface area contributed by atoms with Gasteiger partial charge >= 0.3 is 0 Å². The normalized spacial score (nSPS) is 15.6. The molecule has 0 fully saturated rings. The number of nitrogens with zero attached hydrogens (tertiary/aromatic N) is 2. The zero-order valence-corrected chi connectivity index (χ0v) is 12.9. The summed E-state index contributed by atoms with van der Waals surface area (Å²) in [5, 5.41) is 3.16. The predicted octanol–water partition coefficient (Wildman–Crippen LogP) is 1.92. The van der Waals surface area contributed by atoms with E-state index in [-0.39, 0.29) is 0 Å². The first kappa shape index (κ1) is 15.6. The van der Waals surface area contributed by atoms with Crippen molar-refractivity contribution in [2.75, 3.05) is 26.2 Å². The van der Waals surface area contributed by atoms with E-state index in [2.05, 4.69) is 46.1 Å². The molecule has 0 saturated heterocycles. The van der Waals surface area contributed by atoms with Gasteiger partial charge in [0.1, 0.15) is 0 Å². The number of rotatable bonds is 6. The van der Waals surface area contributed by atoms with E-state index in [1.807, 2.05) is 6.92 Å². The molecule has 0 unspecified atom stereocenters. The van der Waals surface area contributed by atoms with Gasteiger partial charge in [-0.25, -0.2) is 4.99 Å². The maximum absolute atomic E-state index is 5.79. The summed E-state index contributed by atoms with van der Waals surface area (Å²) in [6.07, 6.45) is 2.23. The van der Waals surface area contributed by atoms with Crippen LogP contribution in [-0.4, -0.2) is 37.0 Å². The summed E-state index contributed by atoms with van der Waals surface area (Å²) in [6, 6.07) is 8.74. The number of hydrogen-bond donors (Lipinski definition) is 2. The summed E-state index contributed by atoms with van der Waals surface area (Å²) < 4.78 is 0. The maximum atomic E-state index is 5.79. The molecule has 0 amide bonds. The average Bonchev–Trinajstić information content (AvgIpc) is 2.49. The largest absolute Gasteiger partial charge is 0.370 e. The lowest BCUT2D eigenvalue weighted by molar-refractivity contribution is 0.251. The number of benzene rings is 1. The Morgan fingerprint density at radius 1 is 1.38 bits per heavy atom. The molecular weight excluding hydrogens is 260 g/mol. The summed E-state index contributed by atoms with van der Waals surface area (Å²) in [5.41, 5.74) is 9.78. The van der Waals surface area contributed by atoms with Gasteiger partial charge in [-0.2, -0.15) is 0 Å². The standard InChI is InChI=1S/C17H26N4/c1-14(2)12-20-17(18)19-9-5-10-21-11-8-15-6-3-4-7-16(15)13-21/h3-4,6-7H,1,5,8-13H2,2H3,(H3,18,19,20). The van der Waals surface area contributed by atoms with Gasteiger partial charge in [0.2, 0.25) is 0 Å². The van der Waals surface area contributed by atoms with E-state index in [9.17, 15) is 0 Å². The molecular formula is C17H26N4. The smallest absolute Gasteiger partial charge is 0.188 e. The number of aliphatic imine (C=N–C) groups is 1. The lowest BCUT2D eigenvalue weighted by Crippen LogP contribution is -2.36. The first-order valence-corrected chi connectivity index (χ1v) is 7.62. The Balaban J connectivity index is 1.66. The van der Waals surface area contributed by atoms with Gasteiger partial charge < -0.3 is 11.1 Å². The van der Waals surface area contributed by atoms with Crippen molar-refractivity contribution >= 4 is 5.96 Å². The topological polar surface area (TPSA) is 53.6 Å². The Bertz CT molecular complexity index is 507. The van der Waals surface area contributed by atoms with Crippen molar-refractivity contribution in [2.24, 2.45) is 10.7 Å². The predicted molar refractivity (Wildman–Crippen MR) is 89.3 cm³/mol. The first-order chi connectivity index (χ1) is 10.1. The Labute approximate surface area is 127 Å². The Kier molecular flexibility index (Phi) is 5.81. The van der Waals surface area contributed by atoms with Crippen LogP contribution in [0.2, 0.25) is 0 Å². The van der Waals surface area contributed by atoms with E-state index in [1.165, 1.54) is 11.1 Å². The number of nitrogens with one attached hydrogen (secondary N) is 1. The minimum absolute atomic E-state index is 0.516. The SMILES string of the molecule is C=C(C)CN=C(N)NCCCN1CCc2ccccc2C1. The molecule has 1 aliphatic rings. The summed E-state index contributed by atoms with van der Waals surface area (Å²) >= 11 is 0. The van der Waals surface area contributed by atoms with Crippen LogP contribution in [0, 0.1) is 0 Å². The Morgan fingerprint density at radius 2 is 2.14 bits per heavy atom. The molecule has 1 heterocycles. The summed E-state index contributed by atoms with van der Waals surface area (Å²) in [5.74, 6) is 0.516. The van der Waals surface area contributed by atoms with E-state index < -0.39 is 0 Å². The van der Waals surface area contributed by atoms with Gasteiger partial charge in [0, 0.05) is 26.2 Å². The lowest BCUT2D eigenvalue weighted by Gasteiger charge is -2.28. The third kappa shape index (κ3) is 5.23. The number of nitrogens with two attached hydrogens (primary N) is 1. The second-order valence-electron chi connectivity index (χ2n) is 5.73. The van der Waals surface area contributed by atoms with Gasteiger partial charge in [-0.1, -0.05) is 36.4 Å². The minimum Gasteiger partial charge on any atom is -0.370 e. The highest BCUT2D eigenvalue weighted by Crippen LogP contribution is 2.18. The Hall–Kier alpha value is -1.81. The van der Waals surface area contributed by atoms with E-state index in [1.54, 1.807) is 0 Å². The van der Waals surface area contributed by atoms with Gasteiger partial charge in [0.25, 0.3) is 0 Å². The quantitative estimate of drug-likeness (QED) is 0.363. The van der Waals surface area contributed by atoms with Gasteiger partial charge in [-0.05, 0) is 30.9 Å². The van der Waals surface area contributed by atoms with Crippen molar-refractivity contribution in [2.45, 2.75) is 26.3 Å². The maximum Gasteiger partial charge on any atom is 0.188 e. The van der Waals surface area contributed by atoms with E-state index >= 15 is 0 Å². The van der Waals surface area contributed by atoms with Crippen LogP contribution in [0.4, 0.5) is 0 Å². The van der Waals surface area contributed by atoms with E-state index in [0.29, 0.717) is 12.5 Å². The molecule has 0 bridgehead atoms. The summed E-state index contributed by atoms with van der Waals surface area (Å²) in [4.78, 5) is 6.71. The van der Waals surface area contributed by atoms with Gasteiger partial charge in [-0.3, -0.25) is 4.90 Å². The van der Waals surface area contributed by atoms with Gasteiger partial charge in [-0.15, -0.1) is 0 Å². The molecule has 3 N–H and O–H groups in total. The van der Waals surface area contributed by atoms with Gasteiger partial charge in [0.15, 0.2) is 5.96 Å². The zero-order chi connectivity index (χ0) is 15.1. The highest BCUT2D eigenvalue weighted by molar-refractivity contribution is 5.77. The van der Waals surface area contributed by atoms with Crippen LogP contribution >= 0.6 is 0 Å². The lowest BCUT2D eigenvalue weighted by atomic mass is 10.00. The summed E-state index contributed by atoms with van der Waals surface area (Å²) in [6.45, 7) is 10.5.